The number of nitrogens with zero attached hydrogens (tertiary/aromatic N) is 1. The third kappa shape index (κ3) is 3.73. The fourth-order valence-electron chi connectivity index (χ4n) is 2.29. The van der Waals surface area contributed by atoms with Crippen molar-refractivity contribution in [3.63, 3.8) is 0 Å². The van der Waals surface area contributed by atoms with Gasteiger partial charge in [0.15, 0.2) is 0 Å². The number of hydrogen-bond acceptors (Lipinski definition) is 2. The summed E-state index contributed by atoms with van der Waals surface area (Å²) in [5, 5.41) is 2.69. The summed E-state index contributed by atoms with van der Waals surface area (Å²) < 4.78 is 0. The Morgan fingerprint density at radius 1 is 1.09 bits per heavy atom. The normalized spacial score (nSPS) is 10.1. The van der Waals surface area contributed by atoms with E-state index >= 15 is 0 Å². The molecule has 0 spiro atoms. The van der Waals surface area contributed by atoms with Crippen molar-refractivity contribution in [2.45, 2.75) is 20.8 Å². The number of aryl methyl sites for hydroxylation is 1. The van der Waals surface area contributed by atoms with Crippen LogP contribution in [0.2, 0.25) is 0 Å². The van der Waals surface area contributed by atoms with Gasteiger partial charge in [-0.1, -0.05) is 12.1 Å². The number of nitrogens with one attached hydrogen (secondary N) is 1. The molecule has 0 atom stereocenters. The number of anilines is 2. The van der Waals surface area contributed by atoms with Gasteiger partial charge in [-0.3, -0.25) is 9.59 Å². The second-order valence-corrected chi connectivity index (χ2v) is 5.15. The van der Waals surface area contributed by atoms with Crippen molar-refractivity contribution < 1.29 is 9.59 Å². The smallest absolute Gasteiger partial charge is 0.258 e. The minimum atomic E-state index is -0.131. The van der Waals surface area contributed by atoms with E-state index in [1.807, 2.05) is 38.1 Å². The zero-order valence-electron chi connectivity index (χ0n) is 13.1. The molecule has 4 heteroatoms. The van der Waals surface area contributed by atoms with Crippen molar-refractivity contribution in [3.05, 3.63) is 59.7 Å². The average molecular weight is 296 g/mol. The molecule has 2 aromatic carbocycles. The molecule has 0 radical (unpaired) electrons. The van der Waals surface area contributed by atoms with Crippen LogP contribution in [0.15, 0.2) is 48.5 Å². The van der Waals surface area contributed by atoms with Gasteiger partial charge in [0.1, 0.15) is 0 Å². The number of rotatable bonds is 4. The first-order valence-electron chi connectivity index (χ1n) is 7.27. The van der Waals surface area contributed by atoms with Gasteiger partial charge in [-0.2, -0.15) is 0 Å². The maximum absolute atomic E-state index is 12.7. The van der Waals surface area contributed by atoms with Crippen molar-refractivity contribution in [2.75, 3.05) is 16.8 Å². The fourth-order valence-corrected chi connectivity index (χ4v) is 2.29. The van der Waals surface area contributed by atoms with Crippen LogP contribution in [0.3, 0.4) is 0 Å². The van der Waals surface area contributed by atoms with Crippen molar-refractivity contribution in [2.24, 2.45) is 0 Å². The molecule has 2 rings (SSSR count). The van der Waals surface area contributed by atoms with E-state index in [1.165, 1.54) is 6.92 Å². The lowest BCUT2D eigenvalue weighted by Crippen LogP contribution is -2.30. The summed E-state index contributed by atoms with van der Waals surface area (Å²) in [5.41, 5.74) is 3.28. The van der Waals surface area contributed by atoms with Crippen LogP contribution < -0.4 is 10.2 Å². The highest BCUT2D eigenvalue weighted by molar-refractivity contribution is 6.06. The Morgan fingerprint density at radius 3 is 2.32 bits per heavy atom. The molecule has 0 saturated heterocycles. The van der Waals surface area contributed by atoms with E-state index in [9.17, 15) is 9.59 Å². The first-order chi connectivity index (χ1) is 10.5. The van der Waals surface area contributed by atoms with Gasteiger partial charge >= 0.3 is 0 Å². The molecule has 0 fully saturated rings. The number of carbonyl (C=O) groups excluding carboxylic acids is 2. The van der Waals surface area contributed by atoms with E-state index in [1.54, 1.807) is 29.2 Å². The molecule has 0 bridgehead atoms. The van der Waals surface area contributed by atoms with Gasteiger partial charge in [-0.15, -0.1) is 0 Å². The zero-order chi connectivity index (χ0) is 16.1. The molecule has 4 nitrogen and oxygen atoms in total. The molecule has 0 aliphatic carbocycles. The quantitative estimate of drug-likeness (QED) is 0.936. The van der Waals surface area contributed by atoms with E-state index in [0.29, 0.717) is 17.8 Å². The fraction of sp³-hybridized carbons (Fsp3) is 0.222. The summed E-state index contributed by atoms with van der Waals surface area (Å²) in [4.78, 5) is 25.4. The van der Waals surface area contributed by atoms with E-state index < -0.39 is 0 Å². The van der Waals surface area contributed by atoms with Crippen molar-refractivity contribution >= 4 is 23.2 Å². The van der Waals surface area contributed by atoms with Crippen LogP contribution in [-0.4, -0.2) is 18.4 Å². The third-order valence-corrected chi connectivity index (χ3v) is 3.33. The monoisotopic (exact) mass is 296 g/mol. The first-order valence-corrected chi connectivity index (χ1v) is 7.27. The highest BCUT2D eigenvalue weighted by Crippen LogP contribution is 2.19. The molecule has 22 heavy (non-hydrogen) atoms. The predicted molar refractivity (Wildman–Crippen MR) is 89.3 cm³/mol. The minimum absolute atomic E-state index is 0.0533. The van der Waals surface area contributed by atoms with Gasteiger partial charge in [0.2, 0.25) is 5.91 Å². The van der Waals surface area contributed by atoms with Gasteiger partial charge in [-0.25, -0.2) is 0 Å². The Hall–Kier alpha value is -2.62. The molecule has 0 unspecified atom stereocenters. The second kappa shape index (κ2) is 6.89. The SMILES string of the molecule is CCN(C(=O)c1ccc(NC(C)=O)cc1)c1cccc(C)c1. The molecule has 0 aliphatic heterocycles. The van der Waals surface area contributed by atoms with Gasteiger partial charge in [-0.05, 0) is 55.8 Å². The summed E-state index contributed by atoms with van der Waals surface area (Å²) in [6, 6.07) is 14.8. The number of amides is 2. The van der Waals surface area contributed by atoms with Crippen LogP contribution in [0.25, 0.3) is 0 Å². The van der Waals surface area contributed by atoms with Gasteiger partial charge in [0.25, 0.3) is 5.91 Å². The first kappa shape index (κ1) is 15.8. The molecule has 2 amide bonds. The minimum Gasteiger partial charge on any atom is -0.326 e. The van der Waals surface area contributed by atoms with Crippen molar-refractivity contribution in [3.8, 4) is 0 Å². The van der Waals surface area contributed by atoms with Gasteiger partial charge in [0, 0.05) is 30.4 Å². The third-order valence-electron chi connectivity index (χ3n) is 3.33. The highest BCUT2D eigenvalue weighted by Gasteiger charge is 2.16. The predicted octanol–water partition coefficient (Wildman–Crippen LogP) is 3.62. The summed E-state index contributed by atoms with van der Waals surface area (Å²) in [6.45, 7) is 6.00. The van der Waals surface area contributed by atoms with Gasteiger partial charge in [0.05, 0.1) is 0 Å². The highest BCUT2D eigenvalue weighted by atomic mass is 16.2. The lowest BCUT2D eigenvalue weighted by molar-refractivity contribution is -0.114. The van der Waals surface area contributed by atoms with Gasteiger partial charge < -0.3 is 10.2 Å². The molecule has 1 N–H and O–H groups in total. The second-order valence-electron chi connectivity index (χ2n) is 5.15. The van der Waals surface area contributed by atoms with Crippen LogP contribution in [-0.2, 0) is 4.79 Å². The van der Waals surface area contributed by atoms with Crippen LogP contribution in [0, 0.1) is 6.92 Å². The summed E-state index contributed by atoms with van der Waals surface area (Å²) in [6.07, 6.45) is 0. The Morgan fingerprint density at radius 2 is 1.77 bits per heavy atom. The molecule has 0 saturated carbocycles. The molecular weight excluding hydrogens is 276 g/mol. The summed E-state index contributed by atoms with van der Waals surface area (Å²) >= 11 is 0. The van der Waals surface area contributed by atoms with E-state index in [0.717, 1.165) is 11.3 Å². The summed E-state index contributed by atoms with van der Waals surface area (Å²) in [5.74, 6) is -0.184. The topological polar surface area (TPSA) is 49.4 Å². The lowest BCUT2D eigenvalue weighted by atomic mass is 10.1. The van der Waals surface area contributed by atoms with Crippen LogP contribution in [0.1, 0.15) is 29.8 Å². The molecular formula is C18H20N2O2. The van der Waals surface area contributed by atoms with Crippen molar-refractivity contribution in [1.29, 1.82) is 0 Å². The Kier molecular flexibility index (Phi) is 4.94. The molecule has 0 heterocycles. The summed E-state index contributed by atoms with van der Waals surface area (Å²) in [7, 11) is 0. The van der Waals surface area contributed by atoms with E-state index in [-0.39, 0.29) is 11.8 Å². The van der Waals surface area contributed by atoms with Crippen LogP contribution in [0.5, 0.6) is 0 Å². The zero-order valence-corrected chi connectivity index (χ0v) is 13.1. The van der Waals surface area contributed by atoms with Crippen molar-refractivity contribution in [1.82, 2.24) is 0 Å². The number of hydrogen-bond donors (Lipinski definition) is 1. The molecule has 2 aromatic rings. The number of benzene rings is 2. The molecule has 0 aromatic heterocycles. The van der Waals surface area contributed by atoms with E-state index in [2.05, 4.69) is 5.32 Å². The molecule has 0 aliphatic rings. The lowest BCUT2D eigenvalue weighted by Gasteiger charge is -2.21. The number of carbonyl (C=O) groups is 2. The Labute approximate surface area is 130 Å². The van der Waals surface area contributed by atoms with Crippen LogP contribution >= 0.6 is 0 Å². The Bertz CT molecular complexity index is 678. The maximum Gasteiger partial charge on any atom is 0.258 e. The van der Waals surface area contributed by atoms with E-state index in [4.69, 9.17) is 0 Å². The standard InChI is InChI=1S/C18H20N2O2/c1-4-20(17-7-5-6-13(2)12-17)18(22)15-8-10-16(11-9-15)19-14(3)21/h5-12H,4H2,1-3H3,(H,19,21). The molecule has 114 valence electrons. The Balaban J connectivity index is 2.23. The maximum atomic E-state index is 12.7. The largest absolute Gasteiger partial charge is 0.326 e. The average Bonchev–Trinajstić information content (AvgIpc) is 2.48. The van der Waals surface area contributed by atoms with Crippen LogP contribution in [0.4, 0.5) is 11.4 Å².